The van der Waals surface area contributed by atoms with Crippen molar-refractivity contribution in [3.63, 3.8) is 0 Å². The van der Waals surface area contributed by atoms with E-state index in [9.17, 15) is 14.7 Å². The van der Waals surface area contributed by atoms with Crippen molar-refractivity contribution in [1.29, 1.82) is 0 Å². The molecule has 1 aliphatic carbocycles. The molecule has 128 valence electrons. The van der Waals surface area contributed by atoms with Gasteiger partial charge in [0.05, 0.1) is 38.5 Å². The molecule has 0 aromatic carbocycles. The number of hydrogen-bond donors (Lipinski definition) is 3. The van der Waals surface area contributed by atoms with Crippen molar-refractivity contribution in [3.05, 3.63) is 22.1 Å². The summed E-state index contributed by atoms with van der Waals surface area (Å²) in [5.74, 6) is -0.958. The Balaban J connectivity index is 3.07. The predicted octanol–water partition coefficient (Wildman–Crippen LogP) is -0.589. The number of carbonyl (C=O) groups is 2. The quantitative estimate of drug-likeness (QED) is 0.246. The van der Waals surface area contributed by atoms with Crippen molar-refractivity contribution in [2.24, 2.45) is 5.11 Å². The predicted molar refractivity (Wildman–Crippen MR) is 78.1 cm³/mol. The summed E-state index contributed by atoms with van der Waals surface area (Å²) in [5.41, 5.74) is 8.94. The molecule has 1 amide bonds. The third kappa shape index (κ3) is 5.53. The first kappa shape index (κ1) is 18.9. The molecular formula is C13H20N4O6. The van der Waals surface area contributed by atoms with Crippen molar-refractivity contribution in [1.82, 2.24) is 5.32 Å². The van der Waals surface area contributed by atoms with E-state index < -0.39 is 36.9 Å². The largest absolute Gasteiger partial charge is 0.466 e. The van der Waals surface area contributed by atoms with Crippen molar-refractivity contribution < 1.29 is 29.3 Å². The number of aliphatic hydroxyl groups is 2. The summed E-state index contributed by atoms with van der Waals surface area (Å²) in [5, 5.41) is 24.4. The maximum Gasteiger partial charge on any atom is 0.333 e. The third-order valence-electron chi connectivity index (χ3n) is 3.27. The van der Waals surface area contributed by atoms with Gasteiger partial charge in [-0.2, -0.15) is 0 Å². The van der Waals surface area contributed by atoms with Crippen LogP contribution in [-0.2, 0) is 19.1 Å². The number of nitrogens with zero attached hydrogens (tertiary/aromatic N) is 3. The summed E-state index contributed by atoms with van der Waals surface area (Å²) in [6.45, 7) is 0.586. The Labute approximate surface area is 132 Å². The Morgan fingerprint density at radius 3 is 2.83 bits per heavy atom. The van der Waals surface area contributed by atoms with Crippen LogP contribution in [-0.4, -0.2) is 66.7 Å². The number of amides is 1. The maximum atomic E-state index is 11.7. The second-order valence-electron chi connectivity index (χ2n) is 5.02. The lowest BCUT2D eigenvalue weighted by Crippen LogP contribution is -2.52. The minimum atomic E-state index is -1.11. The van der Waals surface area contributed by atoms with Crippen molar-refractivity contribution in [3.8, 4) is 0 Å². The first-order chi connectivity index (χ1) is 10.9. The summed E-state index contributed by atoms with van der Waals surface area (Å²) < 4.78 is 10.1. The molecule has 4 atom stereocenters. The molecule has 1 unspecified atom stereocenters. The fraction of sp³-hybridized carbons (Fsp3) is 0.692. The molecule has 0 heterocycles. The minimum Gasteiger partial charge on any atom is -0.466 e. The summed E-state index contributed by atoms with van der Waals surface area (Å²) >= 11 is 0. The average Bonchev–Trinajstić information content (AvgIpc) is 2.53. The standard InChI is InChI=1S/C13H20N4O6/c1-7(19)15-12-10(16-17-14)3-8(13(21)22-2)4-11(12)23-6-9(20)5-18/h4,9-12,18,20H,3,5-6H2,1-2H3,(H,15,19)/t9?,10-,11+,12+/m0/s1. The van der Waals surface area contributed by atoms with E-state index in [1.54, 1.807) is 0 Å². The molecule has 1 rings (SSSR count). The van der Waals surface area contributed by atoms with Gasteiger partial charge in [0.2, 0.25) is 5.91 Å². The molecule has 0 saturated carbocycles. The van der Waals surface area contributed by atoms with Crippen LogP contribution < -0.4 is 5.32 Å². The van der Waals surface area contributed by atoms with E-state index in [4.69, 9.17) is 15.4 Å². The Kier molecular flexibility index (Phi) is 7.49. The SMILES string of the molecule is COC(=O)C1=C[C@@H](OCC(O)CO)[C@H](NC(C)=O)[C@@H](N=[N+]=[N-])C1. The average molecular weight is 328 g/mol. The van der Waals surface area contributed by atoms with Crippen molar-refractivity contribution in [2.75, 3.05) is 20.3 Å². The molecule has 0 bridgehead atoms. The van der Waals surface area contributed by atoms with E-state index in [1.807, 2.05) is 0 Å². The zero-order valence-corrected chi connectivity index (χ0v) is 12.9. The molecule has 0 aromatic heterocycles. The highest BCUT2D eigenvalue weighted by Gasteiger charge is 2.36. The van der Waals surface area contributed by atoms with Gasteiger partial charge in [-0.3, -0.25) is 4.79 Å². The van der Waals surface area contributed by atoms with E-state index in [0.29, 0.717) is 0 Å². The second kappa shape index (κ2) is 9.11. The number of hydrogen-bond acceptors (Lipinski definition) is 7. The van der Waals surface area contributed by atoms with Crippen LogP contribution in [0.2, 0.25) is 0 Å². The van der Waals surface area contributed by atoms with E-state index in [-0.39, 0.29) is 24.5 Å². The second-order valence-corrected chi connectivity index (χ2v) is 5.02. The van der Waals surface area contributed by atoms with E-state index in [0.717, 1.165) is 0 Å². The lowest BCUT2D eigenvalue weighted by Gasteiger charge is -2.34. The van der Waals surface area contributed by atoms with Gasteiger partial charge < -0.3 is 25.0 Å². The fourth-order valence-corrected chi connectivity index (χ4v) is 2.24. The molecule has 3 N–H and O–H groups in total. The summed E-state index contributed by atoms with van der Waals surface area (Å²) in [6.07, 6.45) is -0.384. The number of carbonyl (C=O) groups excluding carboxylic acids is 2. The molecule has 10 heteroatoms. The maximum absolute atomic E-state index is 11.7. The van der Waals surface area contributed by atoms with Crippen LogP contribution in [0, 0.1) is 0 Å². The molecule has 0 fully saturated rings. The van der Waals surface area contributed by atoms with Gasteiger partial charge in [0.25, 0.3) is 0 Å². The summed E-state index contributed by atoms with van der Waals surface area (Å²) in [7, 11) is 1.22. The number of esters is 1. The number of aliphatic hydroxyl groups excluding tert-OH is 2. The van der Waals surface area contributed by atoms with Crippen molar-refractivity contribution in [2.45, 2.75) is 37.6 Å². The van der Waals surface area contributed by atoms with Crippen molar-refractivity contribution >= 4 is 11.9 Å². The molecule has 0 radical (unpaired) electrons. The Morgan fingerprint density at radius 2 is 2.30 bits per heavy atom. The third-order valence-corrected chi connectivity index (χ3v) is 3.27. The van der Waals surface area contributed by atoms with Crippen LogP contribution in [0.15, 0.2) is 16.8 Å². The number of methoxy groups -OCH3 is 1. The van der Waals surface area contributed by atoms with Crippen LogP contribution in [0.3, 0.4) is 0 Å². The molecule has 1 aliphatic rings. The Bertz CT molecular complexity index is 517. The Hall–Kier alpha value is -2.13. The van der Waals surface area contributed by atoms with Gasteiger partial charge in [-0.05, 0) is 18.0 Å². The van der Waals surface area contributed by atoms with E-state index in [2.05, 4.69) is 20.1 Å². The number of azide groups is 1. The first-order valence-electron chi connectivity index (χ1n) is 6.93. The molecular weight excluding hydrogens is 308 g/mol. The minimum absolute atomic E-state index is 0.0874. The molecule has 0 aliphatic heterocycles. The summed E-state index contributed by atoms with van der Waals surface area (Å²) in [6, 6.07) is -1.46. The zero-order valence-electron chi connectivity index (χ0n) is 12.9. The highest BCUT2D eigenvalue weighted by atomic mass is 16.5. The van der Waals surface area contributed by atoms with Crippen LogP contribution in [0.5, 0.6) is 0 Å². The zero-order chi connectivity index (χ0) is 17.4. The monoisotopic (exact) mass is 328 g/mol. The van der Waals surface area contributed by atoms with Crippen LogP contribution in [0.4, 0.5) is 0 Å². The molecule has 0 saturated heterocycles. The lowest BCUT2D eigenvalue weighted by atomic mass is 9.88. The smallest absolute Gasteiger partial charge is 0.333 e. The first-order valence-corrected chi connectivity index (χ1v) is 6.93. The molecule has 10 nitrogen and oxygen atoms in total. The molecule has 0 spiro atoms. The Morgan fingerprint density at radius 1 is 1.61 bits per heavy atom. The van der Waals surface area contributed by atoms with Gasteiger partial charge >= 0.3 is 5.97 Å². The van der Waals surface area contributed by atoms with E-state index >= 15 is 0 Å². The molecule has 23 heavy (non-hydrogen) atoms. The van der Waals surface area contributed by atoms with Gasteiger partial charge in [-0.1, -0.05) is 5.11 Å². The molecule has 0 aromatic rings. The summed E-state index contributed by atoms with van der Waals surface area (Å²) in [4.78, 5) is 25.8. The van der Waals surface area contributed by atoms with Crippen LogP contribution in [0.25, 0.3) is 10.4 Å². The van der Waals surface area contributed by atoms with Crippen LogP contribution >= 0.6 is 0 Å². The van der Waals surface area contributed by atoms with Gasteiger partial charge in [0.15, 0.2) is 0 Å². The fourth-order valence-electron chi connectivity index (χ4n) is 2.24. The number of rotatable bonds is 7. The topological polar surface area (TPSA) is 154 Å². The van der Waals surface area contributed by atoms with E-state index in [1.165, 1.54) is 20.1 Å². The van der Waals surface area contributed by atoms with Gasteiger partial charge in [-0.15, -0.1) is 0 Å². The van der Waals surface area contributed by atoms with Gasteiger partial charge in [0.1, 0.15) is 6.10 Å². The van der Waals surface area contributed by atoms with Gasteiger partial charge in [0, 0.05) is 17.4 Å². The normalized spacial score (nSPS) is 24.9. The number of ether oxygens (including phenoxy) is 2. The lowest BCUT2D eigenvalue weighted by molar-refractivity contribution is -0.136. The highest BCUT2D eigenvalue weighted by molar-refractivity contribution is 5.89. The highest BCUT2D eigenvalue weighted by Crippen LogP contribution is 2.25. The van der Waals surface area contributed by atoms with Crippen LogP contribution in [0.1, 0.15) is 13.3 Å². The number of nitrogens with one attached hydrogen (secondary N) is 1. The van der Waals surface area contributed by atoms with Gasteiger partial charge in [-0.25, -0.2) is 4.79 Å².